The molecular weight excluding hydrogens is 256 g/mol. The van der Waals surface area contributed by atoms with Gasteiger partial charge < -0.3 is 4.57 Å². The third-order valence-corrected chi connectivity index (χ3v) is 3.94. The molecule has 4 rings (SSSR count). The van der Waals surface area contributed by atoms with Gasteiger partial charge in [-0.25, -0.2) is 9.97 Å². The first kappa shape index (κ1) is 10.9. The van der Waals surface area contributed by atoms with Crippen molar-refractivity contribution in [3.05, 3.63) is 47.1 Å². The summed E-state index contributed by atoms with van der Waals surface area (Å²) < 4.78 is 4.83. The molecule has 0 radical (unpaired) electrons. The van der Waals surface area contributed by atoms with Crippen LogP contribution in [-0.2, 0) is 13.0 Å². The van der Waals surface area contributed by atoms with Crippen LogP contribution in [0.3, 0.4) is 0 Å². The summed E-state index contributed by atoms with van der Waals surface area (Å²) >= 11 is 5.57. The van der Waals surface area contributed by atoms with Crippen molar-refractivity contribution in [2.24, 2.45) is 0 Å². The zero-order valence-electron chi connectivity index (χ0n) is 10.3. The second-order valence-electron chi connectivity index (χ2n) is 4.71. The normalized spacial score (nSPS) is 13.9. The van der Waals surface area contributed by atoms with Crippen molar-refractivity contribution in [3.8, 4) is 5.69 Å². The molecule has 94 valence electrons. The predicted molar refractivity (Wildman–Crippen MR) is 76.0 cm³/mol. The first-order valence-electron chi connectivity index (χ1n) is 6.37. The first-order valence-corrected chi connectivity index (χ1v) is 6.77. The van der Waals surface area contributed by atoms with E-state index in [2.05, 4.69) is 14.5 Å². The van der Waals surface area contributed by atoms with Crippen LogP contribution in [0.25, 0.3) is 16.9 Å². The van der Waals surface area contributed by atoms with Gasteiger partial charge in [-0.05, 0) is 18.6 Å². The molecule has 0 saturated heterocycles. The molecule has 5 heteroatoms. The fraction of sp³-hybridized carbons (Fsp3) is 0.214. The summed E-state index contributed by atoms with van der Waals surface area (Å²) in [7, 11) is 0. The van der Waals surface area contributed by atoms with Gasteiger partial charge in [0.25, 0.3) is 0 Å². The van der Waals surface area contributed by atoms with Crippen LogP contribution in [0.15, 0.2) is 36.7 Å². The van der Waals surface area contributed by atoms with Gasteiger partial charge in [0.15, 0.2) is 5.65 Å². The Hall–Kier alpha value is -2.01. The van der Waals surface area contributed by atoms with Crippen molar-refractivity contribution in [3.63, 3.8) is 0 Å². The summed E-state index contributed by atoms with van der Waals surface area (Å²) in [5.41, 5.74) is 2.79. The second-order valence-corrected chi connectivity index (χ2v) is 5.10. The number of para-hydroxylation sites is 1. The standard InChI is InChI=1S/C14H12N4S/c19-14-12-13(17-8-4-7-11(17)16-12)15-9-18(14)10-5-2-1-3-6-10/h1-3,5-6,9H,4,7-8H2. The Kier molecular flexibility index (Phi) is 2.29. The van der Waals surface area contributed by atoms with Gasteiger partial charge in [0.05, 0.1) is 0 Å². The largest absolute Gasteiger partial charge is 0.313 e. The molecular formula is C14H12N4S. The average Bonchev–Trinajstić information content (AvgIpc) is 3.02. The number of rotatable bonds is 1. The molecule has 1 aromatic carbocycles. The lowest BCUT2D eigenvalue weighted by molar-refractivity contribution is 0.761. The van der Waals surface area contributed by atoms with Crippen molar-refractivity contribution in [2.45, 2.75) is 19.4 Å². The number of benzene rings is 1. The lowest BCUT2D eigenvalue weighted by atomic mass is 10.3. The fourth-order valence-electron chi connectivity index (χ4n) is 2.64. The smallest absolute Gasteiger partial charge is 0.164 e. The molecule has 0 unspecified atom stereocenters. The number of aromatic nitrogens is 4. The van der Waals surface area contributed by atoms with E-state index >= 15 is 0 Å². The van der Waals surface area contributed by atoms with E-state index < -0.39 is 0 Å². The minimum atomic E-state index is 0.734. The van der Waals surface area contributed by atoms with Crippen LogP contribution in [0, 0.1) is 4.64 Å². The Bertz CT molecular complexity index is 817. The molecule has 19 heavy (non-hydrogen) atoms. The molecule has 0 saturated carbocycles. The van der Waals surface area contributed by atoms with Crippen LogP contribution in [0.1, 0.15) is 12.2 Å². The topological polar surface area (TPSA) is 35.6 Å². The third kappa shape index (κ3) is 1.55. The van der Waals surface area contributed by atoms with Crippen LogP contribution >= 0.6 is 12.2 Å². The molecule has 1 aliphatic heterocycles. The molecule has 0 atom stereocenters. The van der Waals surface area contributed by atoms with Crippen molar-refractivity contribution >= 4 is 23.4 Å². The van der Waals surface area contributed by atoms with Gasteiger partial charge in [-0.15, -0.1) is 0 Å². The maximum Gasteiger partial charge on any atom is 0.164 e. The van der Waals surface area contributed by atoms with Crippen LogP contribution in [-0.4, -0.2) is 19.1 Å². The van der Waals surface area contributed by atoms with Gasteiger partial charge in [0.1, 0.15) is 22.3 Å². The van der Waals surface area contributed by atoms with E-state index in [1.807, 2.05) is 34.9 Å². The number of aryl methyl sites for hydroxylation is 2. The molecule has 0 spiro atoms. The molecule has 0 fully saturated rings. The molecule has 2 aromatic heterocycles. The molecule has 0 bridgehead atoms. The maximum absolute atomic E-state index is 5.57. The van der Waals surface area contributed by atoms with E-state index in [0.29, 0.717) is 0 Å². The lowest BCUT2D eigenvalue weighted by Gasteiger charge is -2.06. The highest BCUT2D eigenvalue weighted by Gasteiger charge is 2.18. The van der Waals surface area contributed by atoms with E-state index in [1.54, 1.807) is 6.33 Å². The van der Waals surface area contributed by atoms with E-state index in [0.717, 1.165) is 46.7 Å². The van der Waals surface area contributed by atoms with Crippen LogP contribution in [0.5, 0.6) is 0 Å². The van der Waals surface area contributed by atoms with E-state index in [-0.39, 0.29) is 0 Å². The van der Waals surface area contributed by atoms with Crippen molar-refractivity contribution < 1.29 is 0 Å². The number of nitrogens with zero attached hydrogens (tertiary/aromatic N) is 4. The third-order valence-electron chi connectivity index (χ3n) is 3.55. The molecule has 4 nitrogen and oxygen atoms in total. The van der Waals surface area contributed by atoms with Gasteiger partial charge in [0, 0.05) is 18.7 Å². The van der Waals surface area contributed by atoms with Crippen molar-refractivity contribution in [2.75, 3.05) is 0 Å². The highest BCUT2D eigenvalue weighted by molar-refractivity contribution is 7.71. The van der Waals surface area contributed by atoms with Gasteiger partial charge in [-0.1, -0.05) is 30.4 Å². The molecule has 0 amide bonds. The second kappa shape index (κ2) is 3.99. The van der Waals surface area contributed by atoms with E-state index in [4.69, 9.17) is 12.2 Å². The van der Waals surface area contributed by atoms with Crippen LogP contribution < -0.4 is 0 Å². The van der Waals surface area contributed by atoms with E-state index in [1.165, 1.54) is 0 Å². The molecule has 0 aliphatic carbocycles. The zero-order valence-corrected chi connectivity index (χ0v) is 11.1. The Morgan fingerprint density at radius 2 is 2.00 bits per heavy atom. The predicted octanol–water partition coefficient (Wildman–Crippen LogP) is 2.90. The summed E-state index contributed by atoms with van der Waals surface area (Å²) in [6.45, 7) is 1.00. The van der Waals surface area contributed by atoms with Crippen molar-refractivity contribution in [1.29, 1.82) is 0 Å². The summed E-state index contributed by atoms with van der Waals surface area (Å²) in [5, 5.41) is 0. The monoisotopic (exact) mass is 268 g/mol. The number of hydrogen-bond acceptors (Lipinski definition) is 3. The highest BCUT2D eigenvalue weighted by Crippen LogP contribution is 2.22. The summed E-state index contributed by atoms with van der Waals surface area (Å²) in [5.74, 6) is 1.11. The summed E-state index contributed by atoms with van der Waals surface area (Å²) in [6.07, 6.45) is 3.98. The minimum Gasteiger partial charge on any atom is -0.313 e. The first-order chi connectivity index (χ1) is 9.34. The average molecular weight is 268 g/mol. The molecule has 3 heterocycles. The lowest BCUT2D eigenvalue weighted by Crippen LogP contribution is -2.01. The zero-order chi connectivity index (χ0) is 12.8. The number of hydrogen-bond donors (Lipinski definition) is 0. The fourth-order valence-corrected chi connectivity index (χ4v) is 2.93. The Labute approximate surface area is 115 Å². The maximum atomic E-state index is 5.57. The van der Waals surface area contributed by atoms with Crippen LogP contribution in [0.4, 0.5) is 0 Å². The van der Waals surface area contributed by atoms with Crippen molar-refractivity contribution in [1.82, 2.24) is 19.1 Å². The molecule has 1 aliphatic rings. The van der Waals surface area contributed by atoms with E-state index in [9.17, 15) is 0 Å². The minimum absolute atomic E-state index is 0.734. The SMILES string of the molecule is S=c1c2nc3n(c2ncn1-c1ccccc1)CCC3. The number of imidazole rings is 1. The Morgan fingerprint density at radius 1 is 1.16 bits per heavy atom. The quantitative estimate of drug-likeness (QED) is 0.637. The van der Waals surface area contributed by atoms with Gasteiger partial charge in [-0.3, -0.25) is 4.57 Å². The Balaban J connectivity index is 2.01. The molecule has 0 N–H and O–H groups in total. The molecule has 3 aromatic rings. The van der Waals surface area contributed by atoms with Gasteiger partial charge in [0.2, 0.25) is 0 Å². The summed E-state index contributed by atoms with van der Waals surface area (Å²) in [6, 6.07) is 10.0. The number of fused-ring (bicyclic) bond motifs is 3. The van der Waals surface area contributed by atoms with Gasteiger partial charge in [-0.2, -0.15) is 0 Å². The Morgan fingerprint density at radius 3 is 2.84 bits per heavy atom. The summed E-state index contributed by atoms with van der Waals surface area (Å²) in [4.78, 5) is 9.20. The highest BCUT2D eigenvalue weighted by atomic mass is 32.1. The van der Waals surface area contributed by atoms with Crippen LogP contribution in [0.2, 0.25) is 0 Å². The van der Waals surface area contributed by atoms with Gasteiger partial charge >= 0.3 is 0 Å².